The lowest BCUT2D eigenvalue weighted by atomic mass is 9.95. The number of hydrogen-bond acceptors (Lipinski definition) is 3. The maximum atomic E-state index is 5.53. The van der Waals surface area contributed by atoms with Crippen LogP contribution in [0.5, 0.6) is 0 Å². The van der Waals surface area contributed by atoms with Crippen LogP contribution in [0, 0.1) is 0 Å². The predicted octanol–water partition coefficient (Wildman–Crippen LogP) is 17.7. The van der Waals surface area contributed by atoms with E-state index in [4.69, 9.17) is 15.0 Å². The minimum Gasteiger partial charge on any atom is -0.310 e. The lowest BCUT2D eigenvalue weighted by molar-refractivity contribution is 0.952. The van der Waals surface area contributed by atoms with Crippen LogP contribution in [0.3, 0.4) is 0 Å². The molecule has 6 nitrogen and oxygen atoms in total. The Morgan fingerprint density at radius 3 is 1.49 bits per heavy atom. The molecule has 4 aromatic heterocycles. The van der Waals surface area contributed by atoms with Crippen molar-refractivity contribution in [2.45, 2.75) is 12.8 Å². The third-order valence-corrected chi connectivity index (χ3v) is 15.1. The van der Waals surface area contributed by atoms with E-state index < -0.39 is 0 Å². The van der Waals surface area contributed by atoms with Gasteiger partial charge in [0.15, 0.2) is 11.6 Å². The zero-order valence-corrected chi connectivity index (χ0v) is 40.8. The molecule has 6 heteroatoms. The molecule has 0 fully saturated rings. The Labute approximate surface area is 433 Å². The maximum Gasteiger partial charge on any atom is 0.238 e. The molecular weight excluding hydrogens is 913 g/mol. The zero-order chi connectivity index (χ0) is 49.4. The molecule has 0 bridgehead atoms. The van der Waals surface area contributed by atoms with Gasteiger partial charge in [0.25, 0.3) is 0 Å². The van der Waals surface area contributed by atoms with Crippen LogP contribution in [-0.4, -0.2) is 28.7 Å². The average molecular weight is 959 g/mol. The molecular formula is C69H46N6. The van der Waals surface area contributed by atoms with Gasteiger partial charge in [-0.3, -0.25) is 4.57 Å². The van der Waals surface area contributed by atoms with Gasteiger partial charge < -0.3 is 9.13 Å². The first-order chi connectivity index (χ1) is 37.2. The molecule has 1 aliphatic rings. The smallest absolute Gasteiger partial charge is 0.238 e. The molecule has 352 valence electrons. The van der Waals surface area contributed by atoms with E-state index in [9.17, 15) is 0 Å². The topological polar surface area (TPSA) is 53.5 Å². The molecule has 0 N–H and O–H groups in total. The number of fused-ring (bicyclic) bond motifs is 9. The minimum atomic E-state index is 0.551. The van der Waals surface area contributed by atoms with E-state index in [2.05, 4.69) is 269 Å². The minimum absolute atomic E-state index is 0.551. The molecule has 1 aliphatic carbocycles. The van der Waals surface area contributed by atoms with Gasteiger partial charge in [0, 0.05) is 49.1 Å². The Kier molecular flexibility index (Phi) is 9.91. The number of para-hydroxylation sites is 4. The van der Waals surface area contributed by atoms with Crippen LogP contribution in [0.2, 0.25) is 0 Å². The fraction of sp³-hybridized carbons (Fsp3) is 0.0290. The highest BCUT2D eigenvalue weighted by molar-refractivity contribution is 6.23. The van der Waals surface area contributed by atoms with Gasteiger partial charge in [-0.05, 0) is 107 Å². The largest absolute Gasteiger partial charge is 0.310 e. The number of allylic oxidation sites excluding steroid dienone is 4. The summed E-state index contributed by atoms with van der Waals surface area (Å²) in [6.07, 6.45) is 9.04. The van der Waals surface area contributed by atoms with Crippen LogP contribution in [0.4, 0.5) is 0 Å². The first kappa shape index (κ1) is 42.7. The summed E-state index contributed by atoms with van der Waals surface area (Å²) >= 11 is 0. The number of nitrogens with zero attached hydrogens (tertiary/aromatic N) is 6. The average Bonchev–Trinajstić information content (AvgIpc) is 4.21. The van der Waals surface area contributed by atoms with Gasteiger partial charge >= 0.3 is 0 Å². The molecule has 75 heavy (non-hydrogen) atoms. The Morgan fingerprint density at radius 1 is 0.307 bits per heavy atom. The quantitative estimate of drug-likeness (QED) is 0.152. The third-order valence-electron chi connectivity index (χ3n) is 15.1. The molecule has 0 unspecified atom stereocenters. The third kappa shape index (κ3) is 6.91. The Morgan fingerprint density at radius 2 is 0.813 bits per heavy atom. The molecule has 10 aromatic carbocycles. The summed E-state index contributed by atoms with van der Waals surface area (Å²) in [6.45, 7) is 0. The molecule has 0 saturated carbocycles. The van der Waals surface area contributed by atoms with Crippen LogP contribution < -0.4 is 0 Å². The summed E-state index contributed by atoms with van der Waals surface area (Å²) in [4.78, 5) is 16.4. The first-order valence-corrected chi connectivity index (χ1v) is 25.8. The Hall–Kier alpha value is -9.91. The van der Waals surface area contributed by atoms with E-state index in [-0.39, 0.29) is 0 Å². The van der Waals surface area contributed by atoms with Crippen molar-refractivity contribution in [3.63, 3.8) is 0 Å². The lowest BCUT2D eigenvalue weighted by Crippen LogP contribution is -2.08. The van der Waals surface area contributed by atoms with Crippen molar-refractivity contribution in [1.82, 2.24) is 28.7 Å². The van der Waals surface area contributed by atoms with Crippen LogP contribution in [0.15, 0.2) is 255 Å². The van der Waals surface area contributed by atoms with Gasteiger partial charge in [-0.25, -0.2) is 4.98 Å². The molecule has 4 heterocycles. The van der Waals surface area contributed by atoms with Crippen molar-refractivity contribution >= 4 is 71.1 Å². The summed E-state index contributed by atoms with van der Waals surface area (Å²) in [5.74, 6) is 1.72. The molecule has 0 saturated heterocycles. The van der Waals surface area contributed by atoms with Crippen molar-refractivity contribution < 1.29 is 0 Å². The van der Waals surface area contributed by atoms with Gasteiger partial charge in [0.1, 0.15) is 0 Å². The second-order valence-electron chi connectivity index (χ2n) is 19.4. The van der Waals surface area contributed by atoms with E-state index >= 15 is 0 Å². The van der Waals surface area contributed by atoms with E-state index in [1.165, 1.54) is 44.0 Å². The lowest BCUT2D eigenvalue weighted by Gasteiger charge is -2.16. The number of hydrogen-bond donors (Lipinski definition) is 0. The second-order valence-corrected chi connectivity index (χ2v) is 19.4. The maximum absolute atomic E-state index is 5.53. The molecule has 15 rings (SSSR count). The van der Waals surface area contributed by atoms with Crippen LogP contribution in [0.1, 0.15) is 12.8 Å². The SMILES string of the molecule is C1=CC(n2c3ccccc3c3c(-c4cccc5c4c4ccc(-c6ccccc6)cc4n5-c4ccccc4-c4nc(-c5cccc(-c6ccccc6)c5)nc(-n5c6ccccc6c6ccccc65)n4)cccc32)=CCC1. The predicted molar refractivity (Wildman–Crippen MR) is 311 cm³/mol. The summed E-state index contributed by atoms with van der Waals surface area (Å²) < 4.78 is 7.08. The van der Waals surface area contributed by atoms with Crippen molar-refractivity contribution in [3.05, 3.63) is 255 Å². The normalized spacial score (nSPS) is 12.7. The molecule has 14 aromatic rings. The second kappa shape index (κ2) is 17.4. The molecule has 0 radical (unpaired) electrons. The van der Waals surface area contributed by atoms with E-state index in [0.717, 1.165) is 90.1 Å². The molecule has 0 atom stereocenters. The molecule has 0 aliphatic heterocycles. The monoisotopic (exact) mass is 958 g/mol. The van der Waals surface area contributed by atoms with Gasteiger partial charge in [-0.15, -0.1) is 0 Å². The summed E-state index contributed by atoms with van der Waals surface area (Å²) in [6, 6.07) is 84.8. The van der Waals surface area contributed by atoms with Crippen LogP contribution in [0.25, 0.3) is 139 Å². The van der Waals surface area contributed by atoms with Crippen LogP contribution >= 0.6 is 0 Å². The molecule has 0 spiro atoms. The standard InChI is InChI=1S/C69H46N6/c1-4-21-45(22-5-1)47-25-18-26-49(43-47)67-70-68(72-69(71-67)75-58-35-14-10-29-51(58)52-30-11-15-36-59(52)75)57-32-13-17-38-61(57)74-63-40-20-34-54(66(63)56-42-41-48(44-64(56)74)46-23-6-2-7-24-46)53-33-19-39-62-65(53)55-31-12-16-37-60(55)73(62)50-27-8-3-9-28-50/h1-2,4-8,10-44H,3,9H2. The van der Waals surface area contributed by atoms with E-state index in [0.29, 0.717) is 17.6 Å². The van der Waals surface area contributed by atoms with Crippen LogP contribution in [-0.2, 0) is 0 Å². The van der Waals surface area contributed by atoms with Crippen molar-refractivity contribution in [1.29, 1.82) is 0 Å². The first-order valence-electron chi connectivity index (χ1n) is 25.8. The van der Waals surface area contributed by atoms with E-state index in [1.807, 2.05) is 0 Å². The highest BCUT2D eigenvalue weighted by Gasteiger charge is 2.25. The zero-order valence-electron chi connectivity index (χ0n) is 40.8. The van der Waals surface area contributed by atoms with E-state index in [1.54, 1.807) is 0 Å². The fourth-order valence-corrected chi connectivity index (χ4v) is 11.8. The van der Waals surface area contributed by atoms with Crippen molar-refractivity contribution in [2.24, 2.45) is 0 Å². The Bertz CT molecular complexity index is 4590. The number of benzene rings is 10. The number of aromatic nitrogens is 6. The van der Waals surface area contributed by atoms with Gasteiger partial charge in [-0.2, -0.15) is 9.97 Å². The van der Waals surface area contributed by atoms with Crippen molar-refractivity contribution in [3.8, 4) is 67.8 Å². The molecule has 0 amide bonds. The summed E-state index contributed by atoms with van der Waals surface area (Å²) in [7, 11) is 0. The highest BCUT2D eigenvalue weighted by atomic mass is 15.2. The fourth-order valence-electron chi connectivity index (χ4n) is 11.8. The number of rotatable bonds is 8. The van der Waals surface area contributed by atoms with Crippen molar-refractivity contribution in [2.75, 3.05) is 0 Å². The van der Waals surface area contributed by atoms with Gasteiger partial charge in [0.2, 0.25) is 5.95 Å². The van der Waals surface area contributed by atoms with Gasteiger partial charge in [-0.1, -0.05) is 194 Å². The highest BCUT2D eigenvalue weighted by Crippen LogP contribution is 2.46. The summed E-state index contributed by atoms with van der Waals surface area (Å²) in [5, 5.41) is 7.11. The Balaban J connectivity index is 1.01. The summed E-state index contributed by atoms with van der Waals surface area (Å²) in [5.41, 5.74) is 17.5. The van der Waals surface area contributed by atoms with Gasteiger partial charge in [0.05, 0.1) is 38.8 Å².